The van der Waals surface area contributed by atoms with E-state index < -0.39 is 0 Å². The summed E-state index contributed by atoms with van der Waals surface area (Å²) in [5.41, 5.74) is 0.912. The van der Waals surface area contributed by atoms with Gasteiger partial charge in [0.1, 0.15) is 0 Å². The number of aryl methyl sites for hydroxylation is 1. The zero-order valence-electron chi connectivity index (χ0n) is 13.6. The highest BCUT2D eigenvalue weighted by Crippen LogP contribution is 2.22. The summed E-state index contributed by atoms with van der Waals surface area (Å²) in [5, 5.41) is 3.67. The number of carbonyl (C=O) groups excluding carboxylic acids is 1. The molecule has 0 saturated carbocycles. The van der Waals surface area contributed by atoms with Gasteiger partial charge in [-0.25, -0.2) is 4.98 Å². The Kier molecular flexibility index (Phi) is 5.53. The zero-order chi connectivity index (χ0) is 16.9. The monoisotopic (exact) mass is 348 g/mol. The molecule has 0 spiro atoms. The van der Waals surface area contributed by atoms with Crippen molar-refractivity contribution < 1.29 is 13.9 Å². The molecule has 2 heterocycles. The van der Waals surface area contributed by atoms with Gasteiger partial charge in [0.05, 0.1) is 18.3 Å². The Morgan fingerprint density at radius 3 is 2.92 bits per heavy atom. The second-order valence-electron chi connectivity index (χ2n) is 6.03. The molecule has 1 aromatic heterocycles. The zero-order valence-corrected chi connectivity index (χ0v) is 14.4. The lowest BCUT2D eigenvalue weighted by molar-refractivity contribution is -0.122. The Hall–Kier alpha value is -1.85. The summed E-state index contributed by atoms with van der Waals surface area (Å²) >= 11 is 5.88. The van der Waals surface area contributed by atoms with E-state index in [0.717, 1.165) is 25.0 Å². The molecule has 0 radical (unpaired) electrons. The maximum absolute atomic E-state index is 12.0. The van der Waals surface area contributed by atoms with Gasteiger partial charge in [0.2, 0.25) is 5.91 Å². The first-order valence-corrected chi connectivity index (χ1v) is 8.61. The van der Waals surface area contributed by atoms with Gasteiger partial charge in [0.25, 0.3) is 0 Å². The minimum Gasteiger partial charge on any atom is -0.441 e. The van der Waals surface area contributed by atoms with Crippen molar-refractivity contribution in [2.45, 2.75) is 44.8 Å². The number of halogens is 1. The molecular weight excluding hydrogens is 328 g/mol. The predicted molar refractivity (Wildman–Crippen MR) is 91.8 cm³/mol. The average Bonchev–Trinajstić information content (AvgIpc) is 3.25. The molecule has 0 bridgehead atoms. The minimum absolute atomic E-state index is 0.00996. The lowest BCUT2D eigenvalue weighted by Gasteiger charge is -2.19. The molecule has 1 aliphatic rings. The Morgan fingerprint density at radius 2 is 2.21 bits per heavy atom. The van der Waals surface area contributed by atoms with Crippen LogP contribution in [0.5, 0.6) is 0 Å². The first-order chi connectivity index (χ1) is 11.6. The highest BCUT2D eigenvalue weighted by Gasteiger charge is 2.23. The summed E-state index contributed by atoms with van der Waals surface area (Å²) in [5.74, 6) is 1.22. The smallest absolute Gasteiger partial charge is 0.220 e. The van der Waals surface area contributed by atoms with Crippen LogP contribution in [0.2, 0.25) is 5.02 Å². The molecule has 6 heteroatoms. The Bertz CT molecular complexity index is 678. The maximum atomic E-state index is 12.0. The fraction of sp³-hybridized carbons (Fsp3) is 0.444. The molecule has 1 N–H and O–H groups in total. The molecular formula is C18H21ClN2O3. The van der Waals surface area contributed by atoms with Gasteiger partial charge in [-0.05, 0) is 44.0 Å². The van der Waals surface area contributed by atoms with Crippen molar-refractivity contribution in [2.75, 3.05) is 6.61 Å². The summed E-state index contributed by atoms with van der Waals surface area (Å²) in [6, 6.07) is 7.40. The Morgan fingerprint density at radius 1 is 1.42 bits per heavy atom. The Balaban J connectivity index is 1.49. The summed E-state index contributed by atoms with van der Waals surface area (Å²) < 4.78 is 11.3. The van der Waals surface area contributed by atoms with E-state index in [0.29, 0.717) is 29.5 Å². The minimum atomic E-state index is -0.00996. The van der Waals surface area contributed by atoms with Crippen LogP contribution < -0.4 is 5.32 Å². The van der Waals surface area contributed by atoms with Crippen LogP contribution in [0.3, 0.4) is 0 Å². The van der Waals surface area contributed by atoms with E-state index in [-0.39, 0.29) is 18.1 Å². The van der Waals surface area contributed by atoms with E-state index in [1.54, 1.807) is 18.3 Å². The molecule has 24 heavy (non-hydrogen) atoms. The summed E-state index contributed by atoms with van der Waals surface area (Å²) in [6.45, 7) is 2.77. The summed E-state index contributed by atoms with van der Waals surface area (Å²) in [7, 11) is 0. The standard InChI is InChI=1S/C18H21ClN2O3/c1-12(15-3-2-10-23-15)21-17(22)8-9-18-20-11-16(24-18)13-4-6-14(19)7-5-13/h4-7,11-12,15H,2-3,8-10H2,1H3,(H,21,22). The third-order valence-corrected chi connectivity index (χ3v) is 4.41. The van der Waals surface area contributed by atoms with E-state index >= 15 is 0 Å². The molecule has 128 valence electrons. The number of carbonyl (C=O) groups is 1. The van der Waals surface area contributed by atoms with Crippen molar-refractivity contribution in [3.8, 4) is 11.3 Å². The summed E-state index contributed by atoms with van der Waals surface area (Å²) in [6.07, 6.45) is 4.69. The molecule has 2 atom stereocenters. The second-order valence-corrected chi connectivity index (χ2v) is 6.47. The van der Waals surface area contributed by atoms with E-state index in [2.05, 4.69) is 10.3 Å². The normalized spacial score (nSPS) is 18.5. The average molecular weight is 349 g/mol. The largest absolute Gasteiger partial charge is 0.441 e. The van der Waals surface area contributed by atoms with Gasteiger partial charge >= 0.3 is 0 Å². The van der Waals surface area contributed by atoms with E-state index in [4.69, 9.17) is 20.8 Å². The number of aromatic nitrogens is 1. The van der Waals surface area contributed by atoms with Crippen LogP contribution in [0.1, 0.15) is 32.1 Å². The second kappa shape index (κ2) is 7.81. The molecule has 5 nitrogen and oxygen atoms in total. The van der Waals surface area contributed by atoms with Crippen molar-refractivity contribution in [3.05, 3.63) is 41.4 Å². The molecule has 1 saturated heterocycles. The molecule has 3 rings (SSSR count). The van der Waals surface area contributed by atoms with Gasteiger partial charge in [-0.3, -0.25) is 4.79 Å². The van der Waals surface area contributed by atoms with Crippen molar-refractivity contribution in [1.82, 2.24) is 10.3 Å². The molecule has 1 aliphatic heterocycles. The van der Waals surface area contributed by atoms with Crippen molar-refractivity contribution in [1.29, 1.82) is 0 Å². The third-order valence-electron chi connectivity index (χ3n) is 4.16. The predicted octanol–water partition coefficient (Wildman–Crippen LogP) is 3.61. The highest BCUT2D eigenvalue weighted by atomic mass is 35.5. The van der Waals surface area contributed by atoms with Gasteiger partial charge in [0.15, 0.2) is 11.7 Å². The number of oxazole rings is 1. The van der Waals surface area contributed by atoms with Gasteiger partial charge in [-0.2, -0.15) is 0 Å². The lowest BCUT2D eigenvalue weighted by atomic mass is 10.1. The van der Waals surface area contributed by atoms with Crippen molar-refractivity contribution in [3.63, 3.8) is 0 Å². The first kappa shape index (κ1) is 17.0. The maximum Gasteiger partial charge on any atom is 0.220 e. The fourth-order valence-electron chi connectivity index (χ4n) is 2.81. The third kappa shape index (κ3) is 4.36. The van der Waals surface area contributed by atoms with Crippen LogP contribution >= 0.6 is 11.6 Å². The van der Waals surface area contributed by atoms with E-state index in [9.17, 15) is 4.79 Å². The molecule has 1 aromatic carbocycles. The van der Waals surface area contributed by atoms with E-state index in [1.165, 1.54) is 0 Å². The number of ether oxygens (including phenoxy) is 1. The number of nitrogens with one attached hydrogen (secondary N) is 1. The number of amides is 1. The molecule has 1 fully saturated rings. The summed E-state index contributed by atoms with van der Waals surface area (Å²) in [4.78, 5) is 16.3. The van der Waals surface area contributed by atoms with Crippen molar-refractivity contribution >= 4 is 17.5 Å². The number of nitrogens with zero attached hydrogens (tertiary/aromatic N) is 1. The van der Waals surface area contributed by atoms with Crippen LogP contribution in [-0.4, -0.2) is 29.6 Å². The van der Waals surface area contributed by atoms with Crippen molar-refractivity contribution in [2.24, 2.45) is 0 Å². The van der Waals surface area contributed by atoms with Crippen LogP contribution in [0, 0.1) is 0 Å². The van der Waals surface area contributed by atoms with Gasteiger partial charge in [-0.1, -0.05) is 11.6 Å². The van der Waals surface area contributed by atoms with E-state index in [1.807, 2.05) is 19.1 Å². The van der Waals surface area contributed by atoms with Crippen LogP contribution in [0.25, 0.3) is 11.3 Å². The quantitative estimate of drug-likeness (QED) is 0.866. The fourth-order valence-corrected chi connectivity index (χ4v) is 2.94. The van der Waals surface area contributed by atoms with Gasteiger partial charge in [0, 0.05) is 30.0 Å². The van der Waals surface area contributed by atoms with Gasteiger partial charge in [-0.15, -0.1) is 0 Å². The number of benzene rings is 1. The molecule has 1 amide bonds. The molecule has 2 unspecified atom stereocenters. The van der Waals surface area contributed by atoms with Gasteiger partial charge < -0.3 is 14.5 Å². The Labute approximate surface area is 146 Å². The first-order valence-electron chi connectivity index (χ1n) is 8.23. The number of hydrogen-bond donors (Lipinski definition) is 1. The molecule has 2 aromatic rings. The van der Waals surface area contributed by atoms with Crippen LogP contribution in [0.15, 0.2) is 34.9 Å². The van der Waals surface area contributed by atoms with Crippen LogP contribution in [0.4, 0.5) is 0 Å². The topological polar surface area (TPSA) is 64.4 Å². The van der Waals surface area contributed by atoms with Crippen LogP contribution in [-0.2, 0) is 16.0 Å². The SMILES string of the molecule is CC(NC(=O)CCc1ncc(-c2ccc(Cl)cc2)o1)C1CCCO1. The number of rotatable bonds is 6. The molecule has 0 aliphatic carbocycles. The highest BCUT2D eigenvalue weighted by molar-refractivity contribution is 6.30. The number of hydrogen-bond acceptors (Lipinski definition) is 4. The lowest BCUT2D eigenvalue weighted by Crippen LogP contribution is -2.40.